The Bertz CT molecular complexity index is 538. The van der Waals surface area contributed by atoms with Gasteiger partial charge in [-0.2, -0.15) is 5.26 Å². The number of halogens is 2. The number of nitrogens with zero attached hydrogens (tertiary/aromatic N) is 2. The van der Waals surface area contributed by atoms with Gasteiger partial charge in [0, 0.05) is 18.5 Å². The van der Waals surface area contributed by atoms with Gasteiger partial charge in [-0.1, -0.05) is 0 Å². The normalized spacial score (nSPS) is 20.3. The van der Waals surface area contributed by atoms with Crippen molar-refractivity contribution < 1.29 is 23.1 Å². The molecule has 1 rings (SSSR count). The lowest BCUT2D eigenvalue weighted by atomic mass is 9.96. The molecular weight excluding hydrogens is 296 g/mol. The summed E-state index contributed by atoms with van der Waals surface area (Å²) in [6.07, 6.45) is -1.28. The number of nitriles is 1. The molecule has 8 heteroatoms. The predicted octanol–water partition coefficient (Wildman–Crippen LogP) is 1.61. The first-order chi connectivity index (χ1) is 9.98. The summed E-state index contributed by atoms with van der Waals surface area (Å²) in [5.41, 5.74) is 3.66. The molecule has 0 aromatic carbocycles. The molecule has 0 aliphatic carbocycles. The van der Waals surface area contributed by atoms with E-state index in [2.05, 4.69) is 4.74 Å². The van der Waals surface area contributed by atoms with Gasteiger partial charge in [-0.15, -0.1) is 0 Å². The number of nitrogens with two attached hydrogens (primary N) is 1. The number of rotatable bonds is 5. The number of amides is 1. The fourth-order valence-corrected chi connectivity index (χ4v) is 2.28. The maximum atomic E-state index is 13.3. The number of carbonyl (C=O) groups is 2. The standard InChI is InChI=1S/C14H19F2N3O3/c1-9(22-12(18)21)11(20)10(7-17)6-13(2,3)19-5-4-14(15,16)8-19/h6,9H,4-5,8H2,1-3H3,(H2,18,21). The molecule has 1 amide bonds. The molecule has 0 aromatic heterocycles. The van der Waals surface area contributed by atoms with E-state index in [1.165, 1.54) is 17.9 Å². The molecule has 0 radical (unpaired) electrons. The molecule has 1 atom stereocenters. The number of ether oxygens (including phenoxy) is 1. The molecule has 0 bridgehead atoms. The Morgan fingerprint density at radius 3 is 2.50 bits per heavy atom. The van der Waals surface area contributed by atoms with Crippen LogP contribution in [0.5, 0.6) is 0 Å². The molecule has 1 aliphatic heterocycles. The van der Waals surface area contributed by atoms with Crippen LogP contribution in [0, 0.1) is 11.3 Å². The van der Waals surface area contributed by atoms with Gasteiger partial charge >= 0.3 is 6.09 Å². The van der Waals surface area contributed by atoms with E-state index in [1.807, 2.05) is 0 Å². The SMILES string of the molecule is CC(OC(N)=O)C(=O)C(C#N)=CC(C)(C)N1CCC(F)(F)C1. The summed E-state index contributed by atoms with van der Waals surface area (Å²) in [4.78, 5) is 24.2. The molecule has 1 aliphatic rings. The first kappa shape index (κ1) is 18.0. The smallest absolute Gasteiger partial charge is 0.405 e. The minimum atomic E-state index is -2.77. The van der Waals surface area contributed by atoms with Gasteiger partial charge in [0.25, 0.3) is 5.92 Å². The third-order valence-electron chi connectivity index (χ3n) is 3.53. The fourth-order valence-electron chi connectivity index (χ4n) is 2.28. The second kappa shape index (κ2) is 6.40. The molecule has 1 fully saturated rings. The van der Waals surface area contributed by atoms with Crippen LogP contribution in [0.15, 0.2) is 11.6 Å². The summed E-state index contributed by atoms with van der Waals surface area (Å²) in [6.45, 7) is 4.29. The van der Waals surface area contributed by atoms with E-state index in [0.717, 1.165) is 0 Å². The minimum Gasteiger partial charge on any atom is -0.438 e. The molecule has 0 saturated carbocycles. The first-order valence-electron chi connectivity index (χ1n) is 6.74. The van der Waals surface area contributed by atoms with Crippen LogP contribution in [0.1, 0.15) is 27.2 Å². The first-order valence-corrected chi connectivity index (χ1v) is 6.74. The zero-order valence-electron chi connectivity index (χ0n) is 12.7. The molecule has 2 N–H and O–H groups in total. The monoisotopic (exact) mass is 315 g/mol. The summed E-state index contributed by atoms with van der Waals surface area (Å²) in [5, 5.41) is 9.11. The molecule has 122 valence electrons. The van der Waals surface area contributed by atoms with Gasteiger partial charge in [0.1, 0.15) is 6.07 Å². The van der Waals surface area contributed by atoms with E-state index in [-0.39, 0.29) is 18.5 Å². The average molecular weight is 315 g/mol. The summed E-state index contributed by atoms with van der Waals surface area (Å²) in [7, 11) is 0. The van der Waals surface area contributed by atoms with Gasteiger partial charge in [0.2, 0.25) is 5.78 Å². The summed E-state index contributed by atoms with van der Waals surface area (Å²) in [6, 6.07) is 1.72. The maximum absolute atomic E-state index is 13.3. The molecule has 6 nitrogen and oxygen atoms in total. The summed E-state index contributed by atoms with van der Waals surface area (Å²) < 4.78 is 31.1. The minimum absolute atomic E-state index is 0.163. The zero-order valence-corrected chi connectivity index (χ0v) is 12.7. The van der Waals surface area contributed by atoms with Gasteiger partial charge in [-0.3, -0.25) is 9.69 Å². The quantitative estimate of drug-likeness (QED) is 0.614. The Morgan fingerprint density at radius 2 is 2.09 bits per heavy atom. The van der Waals surface area contributed by atoms with Crippen LogP contribution in [0.25, 0.3) is 0 Å². The summed E-state index contributed by atoms with van der Waals surface area (Å²) >= 11 is 0. The lowest BCUT2D eigenvalue weighted by Gasteiger charge is -2.32. The lowest BCUT2D eigenvalue weighted by molar-refractivity contribution is -0.122. The predicted molar refractivity (Wildman–Crippen MR) is 74.0 cm³/mol. The van der Waals surface area contributed by atoms with E-state index in [9.17, 15) is 18.4 Å². The van der Waals surface area contributed by atoms with Crippen molar-refractivity contribution in [3.63, 3.8) is 0 Å². The van der Waals surface area contributed by atoms with Gasteiger partial charge < -0.3 is 10.5 Å². The van der Waals surface area contributed by atoms with E-state index < -0.39 is 36.0 Å². The van der Waals surface area contributed by atoms with Gasteiger partial charge in [-0.25, -0.2) is 13.6 Å². The highest BCUT2D eigenvalue weighted by molar-refractivity contribution is 6.02. The number of alkyl halides is 2. The van der Waals surface area contributed by atoms with E-state index in [4.69, 9.17) is 11.0 Å². The van der Waals surface area contributed by atoms with Crippen molar-refractivity contribution in [2.45, 2.75) is 44.8 Å². The van der Waals surface area contributed by atoms with Crippen LogP contribution in [-0.2, 0) is 9.53 Å². The number of Topliss-reactive ketones (excluding diaryl/α,β-unsaturated/α-hetero) is 1. The summed E-state index contributed by atoms with van der Waals surface area (Å²) in [5.74, 6) is -3.50. The maximum Gasteiger partial charge on any atom is 0.405 e. The van der Waals surface area contributed by atoms with Crippen LogP contribution in [-0.4, -0.2) is 47.4 Å². The van der Waals surface area contributed by atoms with Crippen molar-refractivity contribution in [3.8, 4) is 6.07 Å². The van der Waals surface area contributed by atoms with Crippen molar-refractivity contribution >= 4 is 11.9 Å². The third kappa shape index (κ3) is 4.49. The van der Waals surface area contributed by atoms with Crippen LogP contribution in [0.4, 0.5) is 13.6 Å². The third-order valence-corrected chi connectivity index (χ3v) is 3.53. The van der Waals surface area contributed by atoms with Gasteiger partial charge in [0.15, 0.2) is 6.10 Å². The highest BCUT2D eigenvalue weighted by atomic mass is 19.3. The largest absolute Gasteiger partial charge is 0.438 e. The Kier molecular flexibility index (Phi) is 5.25. The number of carbonyl (C=O) groups excluding carboxylic acids is 2. The van der Waals surface area contributed by atoms with E-state index in [0.29, 0.717) is 0 Å². The lowest BCUT2D eigenvalue weighted by Crippen LogP contribution is -2.42. The Hall–Kier alpha value is -2.01. The van der Waals surface area contributed by atoms with Gasteiger partial charge in [0.05, 0.1) is 12.1 Å². The van der Waals surface area contributed by atoms with Crippen molar-refractivity contribution in [2.75, 3.05) is 13.1 Å². The van der Waals surface area contributed by atoms with Crippen LogP contribution in [0.2, 0.25) is 0 Å². The second-order valence-corrected chi connectivity index (χ2v) is 5.79. The fraction of sp³-hybridized carbons (Fsp3) is 0.643. The molecule has 0 spiro atoms. The van der Waals surface area contributed by atoms with Crippen molar-refractivity contribution in [1.29, 1.82) is 5.26 Å². The van der Waals surface area contributed by atoms with Crippen molar-refractivity contribution in [1.82, 2.24) is 4.90 Å². The molecular formula is C14H19F2N3O3. The number of likely N-dealkylation sites (tertiary alicyclic amines) is 1. The van der Waals surface area contributed by atoms with E-state index >= 15 is 0 Å². The van der Waals surface area contributed by atoms with Gasteiger partial charge in [-0.05, 0) is 26.8 Å². The topological polar surface area (TPSA) is 96.4 Å². The highest BCUT2D eigenvalue weighted by Gasteiger charge is 2.43. The molecule has 1 heterocycles. The van der Waals surface area contributed by atoms with Crippen molar-refractivity contribution in [3.05, 3.63) is 11.6 Å². The van der Waals surface area contributed by atoms with Crippen LogP contribution < -0.4 is 5.73 Å². The molecule has 22 heavy (non-hydrogen) atoms. The average Bonchev–Trinajstić information content (AvgIpc) is 2.75. The number of hydrogen-bond acceptors (Lipinski definition) is 5. The second-order valence-electron chi connectivity index (χ2n) is 5.79. The van der Waals surface area contributed by atoms with Crippen molar-refractivity contribution in [2.24, 2.45) is 5.73 Å². The van der Waals surface area contributed by atoms with E-state index in [1.54, 1.807) is 19.9 Å². The zero-order chi connectivity index (χ0) is 17.1. The molecule has 1 unspecified atom stereocenters. The Labute approximate surface area is 127 Å². The highest BCUT2D eigenvalue weighted by Crippen LogP contribution is 2.32. The van der Waals surface area contributed by atoms with Crippen LogP contribution >= 0.6 is 0 Å². The Balaban J connectivity index is 2.93. The number of hydrogen-bond donors (Lipinski definition) is 1. The Morgan fingerprint density at radius 1 is 1.50 bits per heavy atom. The van der Waals surface area contributed by atoms with Crippen LogP contribution in [0.3, 0.4) is 0 Å². The number of primary amides is 1. The molecule has 0 aromatic rings. The number of ketones is 1. The molecule has 1 saturated heterocycles.